The van der Waals surface area contributed by atoms with Gasteiger partial charge >= 0.3 is 0 Å². The van der Waals surface area contributed by atoms with E-state index in [2.05, 4.69) is 206 Å². The lowest BCUT2D eigenvalue weighted by Crippen LogP contribution is -2.01. The van der Waals surface area contributed by atoms with Crippen LogP contribution in [0, 0.1) is 0 Å². The van der Waals surface area contributed by atoms with Crippen LogP contribution in [0.3, 0.4) is 0 Å². The molecule has 9 aromatic heterocycles. The van der Waals surface area contributed by atoms with Crippen molar-refractivity contribution in [1.82, 2.24) is 136 Å². The highest BCUT2D eigenvalue weighted by molar-refractivity contribution is 6.12. The molecule has 27 nitrogen and oxygen atoms in total. The van der Waals surface area contributed by atoms with E-state index in [-0.39, 0.29) is 0 Å². The van der Waals surface area contributed by atoms with E-state index in [1.54, 1.807) is 0 Å². The molecule has 0 unspecified atom stereocenters. The third kappa shape index (κ3) is 13.3. The Morgan fingerprint density at radius 1 is 0.150 bits per heavy atom. The molecular weight excluding hydrogens is 1500 g/mol. The molecule has 0 aliphatic heterocycles. The highest BCUT2D eigenvalue weighted by Crippen LogP contribution is 2.39. The molecule has 0 atom stereocenters. The molecule has 558 valence electrons. The SMILES string of the molecule is c1ccc2c(-c3nc(-c4ccc5ncnnc5c4)nc(-c4ccc5ncnnc5c4)n3)c3ccccc3cc2c1.c1ccc2cc3c(-c4nc(-c5ccc6ncnnc6c5)nc(-c5ccc6ncnnc6c5)n4)cccc3cc2c1.c1ccc2cc3cc(-c4nc(-c5ccc6ncnnc6c5)nc(-c5ccc6ncnnc6c5)n4)ccc3cc2c1. The van der Waals surface area contributed by atoms with Gasteiger partial charge in [0.1, 0.15) is 71.1 Å². The molecule has 0 fully saturated rings. The van der Waals surface area contributed by atoms with Gasteiger partial charge in [0.15, 0.2) is 52.4 Å². The molecular formula is C93H51N27. The first-order valence-electron chi connectivity index (χ1n) is 37.9. The number of benzene rings is 15. The topological polar surface area (TPSA) is 348 Å². The Morgan fingerprint density at radius 2 is 0.400 bits per heavy atom. The van der Waals surface area contributed by atoms with Gasteiger partial charge in [0.05, 0.1) is 33.1 Å². The number of fused-ring (bicyclic) bond motifs is 12. The molecule has 0 saturated carbocycles. The molecule has 0 saturated heterocycles. The minimum Gasteiger partial charge on any atom is -0.233 e. The lowest BCUT2D eigenvalue weighted by molar-refractivity contribution is 1.02. The summed E-state index contributed by atoms with van der Waals surface area (Å²) >= 11 is 0. The van der Waals surface area contributed by atoms with Gasteiger partial charge in [-0.2, -0.15) is 0 Å². The van der Waals surface area contributed by atoms with Crippen LogP contribution >= 0.6 is 0 Å². The summed E-state index contributed by atoms with van der Waals surface area (Å²) in [6.07, 6.45) is 8.60. The fourth-order valence-corrected chi connectivity index (χ4v) is 14.9. The second-order valence-electron chi connectivity index (χ2n) is 28.1. The van der Waals surface area contributed by atoms with E-state index in [9.17, 15) is 0 Å². The van der Waals surface area contributed by atoms with Crippen molar-refractivity contribution in [1.29, 1.82) is 0 Å². The highest BCUT2D eigenvalue weighted by Gasteiger charge is 2.22. The summed E-state index contributed by atoms with van der Waals surface area (Å²) in [6, 6.07) is 91.1. The van der Waals surface area contributed by atoms with E-state index in [4.69, 9.17) is 44.9 Å². The van der Waals surface area contributed by atoms with Crippen molar-refractivity contribution in [2.24, 2.45) is 0 Å². The first-order chi connectivity index (χ1) is 59.3. The maximum absolute atomic E-state index is 5.04. The van der Waals surface area contributed by atoms with Crippen molar-refractivity contribution in [3.8, 4) is 102 Å². The molecule has 0 aliphatic carbocycles. The fourth-order valence-electron chi connectivity index (χ4n) is 14.9. The summed E-state index contributed by atoms with van der Waals surface area (Å²) in [5.41, 5.74) is 15.9. The van der Waals surface area contributed by atoms with E-state index < -0.39 is 0 Å². The lowest BCUT2D eigenvalue weighted by Gasteiger charge is -2.13. The lowest BCUT2D eigenvalue weighted by atomic mass is 9.96. The fraction of sp³-hybridized carbons (Fsp3) is 0. The monoisotopic (exact) mass is 1550 g/mol. The largest absolute Gasteiger partial charge is 0.233 e. The molecule has 0 aliphatic rings. The van der Waals surface area contributed by atoms with Crippen LogP contribution in [0.4, 0.5) is 0 Å². The zero-order valence-corrected chi connectivity index (χ0v) is 62.5. The molecule has 15 aromatic carbocycles. The average molecular weight is 1550 g/mol. The van der Waals surface area contributed by atoms with Crippen molar-refractivity contribution in [3.05, 3.63) is 311 Å². The molecule has 0 radical (unpaired) electrons. The Kier molecular flexibility index (Phi) is 17.0. The second kappa shape index (κ2) is 29.5. The van der Waals surface area contributed by atoms with Crippen molar-refractivity contribution in [2.45, 2.75) is 0 Å². The maximum atomic E-state index is 5.04. The van der Waals surface area contributed by atoms with Crippen LogP contribution in [0.2, 0.25) is 0 Å². The molecule has 0 spiro atoms. The van der Waals surface area contributed by atoms with Gasteiger partial charge < -0.3 is 0 Å². The van der Waals surface area contributed by atoms with Crippen LogP contribution in [0.15, 0.2) is 311 Å². The molecule has 24 aromatic rings. The van der Waals surface area contributed by atoms with Crippen LogP contribution in [-0.4, -0.2) is 136 Å². The number of nitrogens with zero attached hydrogens (tertiary/aromatic N) is 27. The van der Waals surface area contributed by atoms with Crippen molar-refractivity contribution >= 4 is 131 Å². The third-order valence-electron chi connectivity index (χ3n) is 20.7. The number of rotatable bonds is 9. The van der Waals surface area contributed by atoms with Gasteiger partial charge in [-0.25, -0.2) is 74.8 Å². The first kappa shape index (κ1) is 69.2. The summed E-state index contributed by atoms with van der Waals surface area (Å²) < 4.78 is 0. The van der Waals surface area contributed by atoms with E-state index in [0.29, 0.717) is 85.5 Å². The summed E-state index contributed by atoms with van der Waals surface area (Å²) in [5.74, 6) is 4.80. The Morgan fingerprint density at radius 3 is 0.758 bits per heavy atom. The zero-order chi connectivity index (χ0) is 79.4. The molecule has 24 rings (SSSR count). The van der Waals surface area contributed by atoms with Gasteiger partial charge in [-0.1, -0.05) is 127 Å². The summed E-state index contributed by atoms with van der Waals surface area (Å²) in [7, 11) is 0. The normalized spacial score (nSPS) is 11.5. The van der Waals surface area contributed by atoms with Crippen LogP contribution in [0.25, 0.3) is 233 Å². The van der Waals surface area contributed by atoms with Gasteiger partial charge in [0.2, 0.25) is 0 Å². The Hall–Kier alpha value is -17.5. The van der Waals surface area contributed by atoms with E-state index in [0.717, 1.165) is 132 Å². The summed E-state index contributed by atoms with van der Waals surface area (Å²) in [4.78, 5) is 70.2. The van der Waals surface area contributed by atoms with E-state index >= 15 is 0 Å². The predicted octanol–water partition coefficient (Wildman–Crippen LogP) is 17.6. The molecule has 0 amide bonds. The second-order valence-corrected chi connectivity index (χ2v) is 28.1. The minimum atomic E-state index is 0.516. The molecule has 0 bridgehead atoms. The molecule has 120 heavy (non-hydrogen) atoms. The average Bonchev–Trinajstić information content (AvgIpc) is 0.756. The minimum absolute atomic E-state index is 0.516. The Balaban J connectivity index is 0.000000108. The first-order valence-corrected chi connectivity index (χ1v) is 37.9. The van der Waals surface area contributed by atoms with Gasteiger partial charge in [0.25, 0.3) is 0 Å². The van der Waals surface area contributed by atoms with E-state index in [1.165, 1.54) is 54.1 Å². The van der Waals surface area contributed by atoms with Crippen LogP contribution in [0.1, 0.15) is 0 Å². The standard InChI is InChI=1S/3C31H17N9/c1-3-7-22-18(5-1)13-19-6-2-4-8-23(19)28(22)31-37-29(20-9-11-24-26(14-20)39-34-16-32-24)36-30(38-31)21-10-12-25-27(15-21)40-35-17-33-25;1-2-5-19-13-24-20(12-18(19)4-1)6-3-7-23(24)31-37-29(21-8-10-25-27(14-21)39-34-16-32-25)36-30(38-31)22-9-11-26-28(15-22)40-35-17-33-26;1-2-4-19-12-24-13-21(6-5-20(24)11-18(19)3-1)29-36-30(22-7-9-25-27(14-22)39-34-16-32-25)38-31(37-29)23-8-10-26-28(15-23)40-35-17-33-26/h3*1-17H. The van der Waals surface area contributed by atoms with Crippen LogP contribution < -0.4 is 0 Å². The Labute approximate surface area is 676 Å². The van der Waals surface area contributed by atoms with Crippen molar-refractivity contribution < 1.29 is 0 Å². The summed E-state index contributed by atoms with van der Waals surface area (Å²) in [6.45, 7) is 0. The van der Waals surface area contributed by atoms with Crippen molar-refractivity contribution in [2.75, 3.05) is 0 Å². The van der Waals surface area contributed by atoms with Crippen LogP contribution in [0.5, 0.6) is 0 Å². The third-order valence-corrected chi connectivity index (χ3v) is 20.7. The van der Waals surface area contributed by atoms with Gasteiger partial charge in [0, 0.05) is 50.1 Å². The predicted molar refractivity (Wildman–Crippen MR) is 459 cm³/mol. The molecule has 27 heteroatoms. The highest BCUT2D eigenvalue weighted by atomic mass is 15.2. The van der Waals surface area contributed by atoms with Gasteiger partial charge in [-0.3, -0.25) is 0 Å². The molecule has 9 heterocycles. The Bertz CT molecular complexity index is 7890. The maximum Gasteiger partial charge on any atom is 0.165 e. The van der Waals surface area contributed by atoms with Gasteiger partial charge in [-0.15, -0.1) is 61.2 Å². The smallest absolute Gasteiger partial charge is 0.165 e. The van der Waals surface area contributed by atoms with Gasteiger partial charge in [-0.05, 0) is 210 Å². The van der Waals surface area contributed by atoms with Crippen LogP contribution in [-0.2, 0) is 0 Å². The molecule has 0 N–H and O–H groups in total. The number of aromatic nitrogens is 27. The quantitative estimate of drug-likeness (QED) is 0.121. The van der Waals surface area contributed by atoms with E-state index in [1.807, 2.05) is 158 Å². The summed E-state index contributed by atoms with van der Waals surface area (Å²) in [5, 5.41) is 62.5. The van der Waals surface area contributed by atoms with Crippen molar-refractivity contribution in [3.63, 3.8) is 0 Å². The number of hydrogen-bond donors (Lipinski definition) is 0. The zero-order valence-electron chi connectivity index (χ0n) is 62.5. The number of hydrogen-bond acceptors (Lipinski definition) is 27.